The monoisotopic (exact) mass is 317 g/mol. The van der Waals surface area contributed by atoms with Crippen molar-refractivity contribution in [2.45, 2.75) is 12.8 Å². The van der Waals surface area contributed by atoms with Crippen molar-refractivity contribution in [1.29, 1.82) is 0 Å². The normalized spacial score (nSPS) is 11.6. The second kappa shape index (κ2) is 5.57. The van der Waals surface area contributed by atoms with Crippen molar-refractivity contribution in [2.24, 2.45) is 0 Å². The number of imidazole rings is 1. The number of nitrogens with two attached hydrogens (primary N) is 1. The number of halogens is 1. The largest absolute Gasteiger partial charge is 0.394 e. The SMILES string of the molecule is Nc1ncnc2c1nc(Br)n2COC(CO)CO. The number of rotatable bonds is 5. The molecular formula is C9H12BrN5O3. The predicted octanol–water partition coefficient (Wildman–Crippen LogP) is -0.502. The Bertz CT molecular complexity index is 542. The summed E-state index contributed by atoms with van der Waals surface area (Å²) < 4.78 is 7.41. The highest BCUT2D eigenvalue weighted by Crippen LogP contribution is 2.21. The molecule has 8 nitrogen and oxygen atoms in total. The van der Waals surface area contributed by atoms with E-state index in [4.69, 9.17) is 20.7 Å². The van der Waals surface area contributed by atoms with Gasteiger partial charge in [0.15, 0.2) is 21.7 Å². The molecule has 0 aliphatic heterocycles. The molecule has 0 saturated heterocycles. The van der Waals surface area contributed by atoms with Gasteiger partial charge in [0, 0.05) is 0 Å². The van der Waals surface area contributed by atoms with Crippen molar-refractivity contribution >= 4 is 32.9 Å². The van der Waals surface area contributed by atoms with E-state index in [1.165, 1.54) is 6.33 Å². The third-order valence-corrected chi connectivity index (χ3v) is 2.97. The van der Waals surface area contributed by atoms with Gasteiger partial charge in [-0.1, -0.05) is 0 Å². The number of nitrogens with zero attached hydrogens (tertiary/aromatic N) is 4. The first-order chi connectivity index (χ1) is 8.67. The van der Waals surface area contributed by atoms with Crippen molar-refractivity contribution in [3.63, 3.8) is 0 Å². The Kier molecular flexibility index (Phi) is 4.07. The van der Waals surface area contributed by atoms with E-state index in [0.29, 0.717) is 15.9 Å². The molecule has 0 fully saturated rings. The van der Waals surface area contributed by atoms with Crippen LogP contribution in [-0.4, -0.2) is 49.0 Å². The fourth-order valence-electron chi connectivity index (χ4n) is 1.38. The zero-order valence-corrected chi connectivity index (χ0v) is 10.9. The van der Waals surface area contributed by atoms with E-state index in [1.807, 2.05) is 0 Å². The molecule has 2 aromatic rings. The molecule has 0 bridgehead atoms. The van der Waals surface area contributed by atoms with Crippen LogP contribution in [0.3, 0.4) is 0 Å². The molecule has 18 heavy (non-hydrogen) atoms. The van der Waals surface area contributed by atoms with Crippen molar-refractivity contribution in [3.05, 3.63) is 11.1 Å². The van der Waals surface area contributed by atoms with E-state index < -0.39 is 6.10 Å². The molecule has 98 valence electrons. The summed E-state index contributed by atoms with van der Waals surface area (Å²) in [6.07, 6.45) is 0.686. The van der Waals surface area contributed by atoms with Gasteiger partial charge in [-0.25, -0.2) is 15.0 Å². The third-order valence-electron chi connectivity index (χ3n) is 2.36. The second-order valence-corrected chi connectivity index (χ2v) is 4.23. The molecule has 0 spiro atoms. The number of ether oxygens (including phenoxy) is 1. The van der Waals surface area contributed by atoms with E-state index in [9.17, 15) is 0 Å². The Hall–Kier alpha value is -1.29. The molecule has 2 aromatic heterocycles. The van der Waals surface area contributed by atoms with Crippen LogP contribution in [0.1, 0.15) is 0 Å². The maximum atomic E-state index is 8.91. The van der Waals surface area contributed by atoms with Crippen molar-refractivity contribution in [3.8, 4) is 0 Å². The smallest absolute Gasteiger partial charge is 0.181 e. The molecule has 4 N–H and O–H groups in total. The van der Waals surface area contributed by atoms with Gasteiger partial charge in [-0.2, -0.15) is 0 Å². The predicted molar refractivity (Wildman–Crippen MR) is 66.5 cm³/mol. The number of hydrogen-bond donors (Lipinski definition) is 3. The minimum absolute atomic E-state index is 0.0827. The summed E-state index contributed by atoms with van der Waals surface area (Å²) in [5, 5.41) is 17.8. The molecule has 0 atom stereocenters. The van der Waals surface area contributed by atoms with Gasteiger partial charge >= 0.3 is 0 Å². The first-order valence-electron chi connectivity index (χ1n) is 5.13. The molecule has 0 aliphatic carbocycles. The lowest BCUT2D eigenvalue weighted by Crippen LogP contribution is -2.23. The Morgan fingerprint density at radius 3 is 2.78 bits per heavy atom. The zero-order chi connectivity index (χ0) is 13.1. The number of nitrogen functional groups attached to an aromatic ring is 1. The van der Waals surface area contributed by atoms with Crippen molar-refractivity contribution in [1.82, 2.24) is 19.5 Å². The maximum absolute atomic E-state index is 8.91. The van der Waals surface area contributed by atoms with Gasteiger partial charge in [0.2, 0.25) is 0 Å². The first-order valence-corrected chi connectivity index (χ1v) is 5.92. The fourth-order valence-corrected chi connectivity index (χ4v) is 1.83. The van der Waals surface area contributed by atoms with E-state index in [0.717, 1.165) is 0 Å². The Morgan fingerprint density at radius 1 is 1.39 bits per heavy atom. The Labute approximate surface area is 111 Å². The topological polar surface area (TPSA) is 119 Å². The number of fused-ring (bicyclic) bond motifs is 1. The van der Waals surface area contributed by atoms with Crippen LogP contribution in [0, 0.1) is 0 Å². The summed E-state index contributed by atoms with van der Waals surface area (Å²) in [4.78, 5) is 12.1. The zero-order valence-electron chi connectivity index (χ0n) is 9.32. The summed E-state index contributed by atoms with van der Waals surface area (Å²) in [5.74, 6) is 0.278. The van der Waals surface area contributed by atoms with E-state index in [2.05, 4.69) is 30.9 Å². The number of aliphatic hydroxyl groups excluding tert-OH is 2. The lowest BCUT2D eigenvalue weighted by Gasteiger charge is -2.13. The average molecular weight is 318 g/mol. The summed E-state index contributed by atoms with van der Waals surface area (Å²) >= 11 is 3.26. The summed E-state index contributed by atoms with van der Waals surface area (Å²) in [6.45, 7) is -0.449. The quantitative estimate of drug-likeness (QED) is 0.636. The molecule has 0 aromatic carbocycles. The van der Waals surface area contributed by atoms with Crippen LogP contribution >= 0.6 is 15.9 Å². The molecule has 0 unspecified atom stereocenters. The molecule has 0 saturated carbocycles. The van der Waals surface area contributed by atoms with Crippen LogP contribution in [0.2, 0.25) is 0 Å². The van der Waals surface area contributed by atoms with Crippen LogP contribution in [0.5, 0.6) is 0 Å². The first kappa shape index (κ1) is 13.1. The number of aliphatic hydroxyl groups is 2. The summed E-state index contributed by atoms with van der Waals surface area (Å²) in [6, 6.07) is 0. The summed E-state index contributed by atoms with van der Waals surface area (Å²) in [7, 11) is 0. The average Bonchev–Trinajstić information content (AvgIpc) is 2.69. The van der Waals surface area contributed by atoms with Gasteiger partial charge in [0.05, 0.1) is 13.2 Å². The minimum atomic E-state index is -0.645. The Balaban J connectivity index is 2.28. The Morgan fingerprint density at radius 2 is 2.11 bits per heavy atom. The number of anilines is 1. The highest BCUT2D eigenvalue weighted by Gasteiger charge is 2.14. The van der Waals surface area contributed by atoms with Gasteiger partial charge in [-0.05, 0) is 15.9 Å². The lowest BCUT2D eigenvalue weighted by atomic mass is 10.4. The van der Waals surface area contributed by atoms with Gasteiger partial charge in [-0.15, -0.1) is 0 Å². The highest BCUT2D eigenvalue weighted by atomic mass is 79.9. The van der Waals surface area contributed by atoms with Crippen LogP contribution in [-0.2, 0) is 11.5 Å². The van der Waals surface area contributed by atoms with E-state index >= 15 is 0 Å². The number of hydrogen-bond acceptors (Lipinski definition) is 7. The molecular weight excluding hydrogens is 306 g/mol. The van der Waals surface area contributed by atoms with Gasteiger partial charge in [0.25, 0.3) is 0 Å². The third kappa shape index (κ3) is 2.43. The van der Waals surface area contributed by atoms with Crippen LogP contribution in [0.4, 0.5) is 5.82 Å². The summed E-state index contributed by atoms with van der Waals surface area (Å²) in [5.41, 5.74) is 6.67. The molecule has 0 aliphatic rings. The van der Waals surface area contributed by atoms with E-state index in [1.54, 1.807) is 4.57 Å². The van der Waals surface area contributed by atoms with E-state index in [-0.39, 0.29) is 25.8 Å². The second-order valence-electron chi connectivity index (χ2n) is 3.52. The number of aromatic nitrogens is 4. The molecule has 9 heteroatoms. The molecule has 0 radical (unpaired) electrons. The lowest BCUT2D eigenvalue weighted by molar-refractivity contribution is -0.0494. The molecule has 0 amide bonds. The maximum Gasteiger partial charge on any atom is 0.181 e. The fraction of sp³-hybridized carbons (Fsp3) is 0.444. The molecule has 2 heterocycles. The van der Waals surface area contributed by atoms with Crippen LogP contribution in [0.15, 0.2) is 11.1 Å². The molecule has 2 rings (SSSR count). The van der Waals surface area contributed by atoms with Gasteiger partial charge < -0.3 is 20.7 Å². The highest BCUT2D eigenvalue weighted by molar-refractivity contribution is 9.10. The van der Waals surface area contributed by atoms with Crippen LogP contribution < -0.4 is 5.73 Å². The van der Waals surface area contributed by atoms with Gasteiger partial charge in [0.1, 0.15) is 19.2 Å². The minimum Gasteiger partial charge on any atom is -0.394 e. The van der Waals surface area contributed by atoms with Gasteiger partial charge in [-0.3, -0.25) is 4.57 Å². The standard InChI is InChI=1S/C9H12BrN5O3/c10-9-14-6-7(11)12-3-13-8(6)15(9)4-18-5(1-16)2-17/h3,5,16-17H,1-2,4H2,(H2,11,12,13). The van der Waals surface area contributed by atoms with Crippen molar-refractivity contribution in [2.75, 3.05) is 18.9 Å². The van der Waals surface area contributed by atoms with Crippen molar-refractivity contribution < 1.29 is 14.9 Å². The van der Waals surface area contributed by atoms with Crippen LogP contribution in [0.25, 0.3) is 11.2 Å².